The number of alkyl halides is 4. The summed E-state index contributed by atoms with van der Waals surface area (Å²) in [6, 6.07) is 0. The standard InChI is InChI=1S/C12H18Br4/c13-9-5-3-1-2-4-6-10(14)12(16)8-7-11(9)15/h1,3,9-12H,2,4-8H2/b3-1+. The van der Waals surface area contributed by atoms with E-state index in [1.807, 2.05) is 0 Å². The Labute approximate surface area is 133 Å². The first-order valence-electron chi connectivity index (χ1n) is 5.82. The Bertz CT molecular complexity index is 217. The quantitative estimate of drug-likeness (QED) is 0.296. The van der Waals surface area contributed by atoms with E-state index >= 15 is 0 Å². The summed E-state index contributed by atoms with van der Waals surface area (Å²) in [5.41, 5.74) is 0. The van der Waals surface area contributed by atoms with Gasteiger partial charge in [-0.25, -0.2) is 0 Å². The monoisotopic (exact) mass is 478 g/mol. The lowest BCUT2D eigenvalue weighted by Crippen LogP contribution is -2.19. The molecule has 0 heterocycles. The van der Waals surface area contributed by atoms with E-state index in [0.717, 1.165) is 6.42 Å². The molecule has 1 aliphatic rings. The summed E-state index contributed by atoms with van der Waals surface area (Å²) in [4.78, 5) is 2.32. The molecule has 0 aromatic carbocycles. The average Bonchev–Trinajstić information content (AvgIpc) is 2.27. The summed E-state index contributed by atoms with van der Waals surface area (Å²) >= 11 is 15.1. The van der Waals surface area contributed by atoms with Gasteiger partial charge in [-0.05, 0) is 38.5 Å². The van der Waals surface area contributed by atoms with Gasteiger partial charge in [-0.15, -0.1) is 0 Å². The Morgan fingerprint density at radius 3 is 1.94 bits per heavy atom. The van der Waals surface area contributed by atoms with Gasteiger partial charge in [0, 0.05) is 19.3 Å². The highest BCUT2D eigenvalue weighted by Gasteiger charge is 2.20. The molecule has 0 N–H and O–H groups in total. The van der Waals surface area contributed by atoms with Crippen LogP contribution in [0.15, 0.2) is 12.2 Å². The second-order valence-electron chi connectivity index (χ2n) is 4.28. The zero-order valence-electron chi connectivity index (χ0n) is 9.22. The van der Waals surface area contributed by atoms with E-state index in [-0.39, 0.29) is 0 Å². The van der Waals surface area contributed by atoms with Crippen molar-refractivity contribution in [2.24, 2.45) is 0 Å². The third-order valence-corrected chi connectivity index (χ3v) is 8.60. The van der Waals surface area contributed by atoms with Crippen molar-refractivity contribution in [1.82, 2.24) is 0 Å². The van der Waals surface area contributed by atoms with Crippen molar-refractivity contribution >= 4 is 63.7 Å². The smallest absolute Gasteiger partial charge is 0.0305 e. The molecule has 94 valence electrons. The Morgan fingerprint density at radius 1 is 0.688 bits per heavy atom. The molecule has 1 aliphatic carbocycles. The first-order chi connectivity index (χ1) is 7.61. The van der Waals surface area contributed by atoms with Crippen LogP contribution in [0.2, 0.25) is 0 Å². The number of allylic oxidation sites excluding steroid dienone is 2. The van der Waals surface area contributed by atoms with E-state index in [9.17, 15) is 0 Å². The van der Waals surface area contributed by atoms with E-state index in [4.69, 9.17) is 0 Å². The largest absolute Gasteiger partial charge is 0.0885 e. The summed E-state index contributed by atoms with van der Waals surface area (Å²) < 4.78 is 0. The highest BCUT2D eigenvalue weighted by molar-refractivity contribution is 9.12. The van der Waals surface area contributed by atoms with Crippen LogP contribution in [0.1, 0.15) is 38.5 Å². The Balaban J connectivity index is 2.52. The molecule has 0 spiro atoms. The van der Waals surface area contributed by atoms with Crippen molar-refractivity contribution in [2.75, 3.05) is 0 Å². The molecule has 4 unspecified atom stereocenters. The maximum absolute atomic E-state index is 3.79. The molecular weight excluding hydrogens is 464 g/mol. The fourth-order valence-electron chi connectivity index (χ4n) is 1.78. The fourth-order valence-corrected chi connectivity index (χ4v) is 3.86. The summed E-state index contributed by atoms with van der Waals surface area (Å²) in [6.45, 7) is 0. The number of hydrogen-bond donors (Lipinski definition) is 0. The van der Waals surface area contributed by atoms with Crippen LogP contribution in [-0.4, -0.2) is 19.3 Å². The van der Waals surface area contributed by atoms with Crippen molar-refractivity contribution in [2.45, 2.75) is 57.8 Å². The predicted octanol–water partition coefficient (Wildman–Crippen LogP) is 5.95. The molecule has 16 heavy (non-hydrogen) atoms. The Morgan fingerprint density at radius 2 is 1.25 bits per heavy atom. The predicted molar refractivity (Wildman–Crippen MR) is 87.7 cm³/mol. The lowest BCUT2D eigenvalue weighted by atomic mass is 10.0. The third-order valence-electron chi connectivity index (χ3n) is 2.88. The van der Waals surface area contributed by atoms with Gasteiger partial charge in [0.05, 0.1) is 0 Å². The van der Waals surface area contributed by atoms with Crippen LogP contribution in [0.4, 0.5) is 0 Å². The van der Waals surface area contributed by atoms with E-state index < -0.39 is 0 Å². The van der Waals surface area contributed by atoms with Crippen molar-refractivity contribution in [1.29, 1.82) is 0 Å². The van der Waals surface area contributed by atoms with E-state index in [1.165, 1.54) is 32.1 Å². The van der Waals surface area contributed by atoms with Crippen LogP contribution in [0.25, 0.3) is 0 Å². The molecule has 0 saturated carbocycles. The summed E-state index contributed by atoms with van der Waals surface area (Å²) in [7, 11) is 0. The van der Waals surface area contributed by atoms with Gasteiger partial charge in [-0.2, -0.15) is 0 Å². The van der Waals surface area contributed by atoms with Gasteiger partial charge in [0.25, 0.3) is 0 Å². The molecule has 0 amide bonds. The van der Waals surface area contributed by atoms with Gasteiger partial charge in [-0.1, -0.05) is 75.9 Å². The molecule has 0 aromatic rings. The average molecular weight is 482 g/mol. The van der Waals surface area contributed by atoms with Gasteiger partial charge < -0.3 is 0 Å². The summed E-state index contributed by atoms with van der Waals surface area (Å²) in [5.74, 6) is 0. The second-order valence-corrected chi connectivity index (χ2v) is 8.98. The zero-order valence-corrected chi connectivity index (χ0v) is 15.6. The van der Waals surface area contributed by atoms with Gasteiger partial charge in [-0.3, -0.25) is 0 Å². The number of rotatable bonds is 0. The molecule has 4 atom stereocenters. The van der Waals surface area contributed by atoms with Crippen LogP contribution in [-0.2, 0) is 0 Å². The lowest BCUT2D eigenvalue weighted by molar-refractivity contribution is 0.614. The van der Waals surface area contributed by atoms with Gasteiger partial charge in [0.15, 0.2) is 0 Å². The van der Waals surface area contributed by atoms with E-state index in [1.54, 1.807) is 0 Å². The number of halogens is 4. The Kier molecular flexibility index (Phi) is 8.55. The molecule has 1 rings (SSSR count). The zero-order chi connectivity index (χ0) is 12.0. The lowest BCUT2D eigenvalue weighted by Gasteiger charge is -2.21. The summed E-state index contributed by atoms with van der Waals surface area (Å²) in [6.07, 6.45) is 11.9. The maximum atomic E-state index is 3.79. The first kappa shape index (κ1) is 15.7. The SMILES string of the molecule is BrC1C/C=C/CCCC(Br)C(Br)CCC1Br. The van der Waals surface area contributed by atoms with Crippen LogP contribution in [0.3, 0.4) is 0 Å². The molecule has 4 heteroatoms. The van der Waals surface area contributed by atoms with Crippen LogP contribution < -0.4 is 0 Å². The highest BCUT2D eigenvalue weighted by atomic mass is 79.9. The molecule has 0 bridgehead atoms. The van der Waals surface area contributed by atoms with Crippen molar-refractivity contribution in [3.8, 4) is 0 Å². The minimum Gasteiger partial charge on any atom is -0.0885 e. The van der Waals surface area contributed by atoms with Gasteiger partial charge in [0.2, 0.25) is 0 Å². The second kappa shape index (κ2) is 8.71. The first-order valence-corrected chi connectivity index (χ1v) is 9.49. The van der Waals surface area contributed by atoms with Gasteiger partial charge in [0.1, 0.15) is 0 Å². The van der Waals surface area contributed by atoms with E-state index in [2.05, 4.69) is 75.9 Å². The van der Waals surface area contributed by atoms with Crippen molar-refractivity contribution < 1.29 is 0 Å². The topological polar surface area (TPSA) is 0 Å². The summed E-state index contributed by atoms with van der Waals surface area (Å²) in [5, 5.41) is 0. The highest BCUT2D eigenvalue weighted by Crippen LogP contribution is 2.29. The normalized spacial score (nSPS) is 40.8. The molecule has 0 aromatic heterocycles. The minimum atomic E-state index is 0.552. The van der Waals surface area contributed by atoms with E-state index in [0.29, 0.717) is 19.3 Å². The number of hydrogen-bond acceptors (Lipinski definition) is 0. The Hall–Kier alpha value is 1.66. The maximum Gasteiger partial charge on any atom is 0.0305 e. The molecule has 0 radical (unpaired) electrons. The van der Waals surface area contributed by atoms with Crippen molar-refractivity contribution in [3.63, 3.8) is 0 Å². The molecular formula is C12H18Br4. The van der Waals surface area contributed by atoms with Crippen LogP contribution in [0, 0.1) is 0 Å². The molecule has 0 aliphatic heterocycles. The third kappa shape index (κ3) is 6.01. The molecule has 0 nitrogen and oxygen atoms in total. The van der Waals surface area contributed by atoms with Crippen molar-refractivity contribution in [3.05, 3.63) is 12.2 Å². The molecule has 0 fully saturated rings. The fraction of sp³-hybridized carbons (Fsp3) is 0.833. The minimum absolute atomic E-state index is 0.552. The molecule has 0 saturated heterocycles. The van der Waals surface area contributed by atoms with Crippen LogP contribution in [0.5, 0.6) is 0 Å². The van der Waals surface area contributed by atoms with Crippen LogP contribution >= 0.6 is 63.7 Å². The van der Waals surface area contributed by atoms with Gasteiger partial charge >= 0.3 is 0 Å².